The minimum Gasteiger partial charge on any atom is -0.481 e. The largest absolute Gasteiger partial charge is 0.481 e. The number of rotatable bonds is 3. The lowest BCUT2D eigenvalue weighted by molar-refractivity contribution is -0.145. The highest BCUT2D eigenvalue weighted by Crippen LogP contribution is 2.28. The molecule has 1 fully saturated rings. The number of aliphatic carboxylic acids is 1. The van der Waals surface area contributed by atoms with Gasteiger partial charge in [-0.15, -0.1) is 0 Å². The van der Waals surface area contributed by atoms with Crippen molar-refractivity contribution in [3.63, 3.8) is 0 Å². The molecule has 2 atom stereocenters. The second-order valence-electron chi connectivity index (χ2n) is 5.03. The molecule has 0 saturated carbocycles. The molecular formula is C14H17BrClNO2. The average Bonchev–Trinajstić information content (AvgIpc) is 2.36. The minimum atomic E-state index is -0.697. The van der Waals surface area contributed by atoms with E-state index < -0.39 is 5.97 Å². The summed E-state index contributed by atoms with van der Waals surface area (Å²) in [6.07, 6.45) is 1.69. The summed E-state index contributed by atoms with van der Waals surface area (Å²) in [7, 11) is 0. The van der Waals surface area contributed by atoms with Gasteiger partial charge in [0.15, 0.2) is 0 Å². The summed E-state index contributed by atoms with van der Waals surface area (Å²) < 4.78 is 0.992. The van der Waals surface area contributed by atoms with Gasteiger partial charge in [0.2, 0.25) is 0 Å². The molecule has 1 saturated heterocycles. The highest BCUT2D eigenvalue weighted by molar-refractivity contribution is 9.10. The van der Waals surface area contributed by atoms with E-state index in [0.717, 1.165) is 34.4 Å². The summed E-state index contributed by atoms with van der Waals surface area (Å²) in [5.41, 5.74) is 1.04. The SMILES string of the molecule is C[C@@H]1[C@H](C(=O)O)CCCN1Cc1cc(Br)ccc1Cl. The van der Waals surface area contributed by atoms with Crippen LogP contribution < -0.4 is 0 Å². The monoisotopic (exact) mass is 345 g/mol. The van der Waals surface area contributed by atoms with Gasteiger partial charge in [0.25, 0.3) is 0 Å². The Hall–Kier alpha value is -0.580. The summed E-state index contributed by atoms with van der Waals surface area (Å²) in [4.78, 5) is 13.4. The van der Waals surface area contributed by atoms with Gasteiger partial charge in [-0.2, -0.15) is 0 Å². The first-order chi connectivity index (χ1) is 8.99. The predicted molar refractivity (Wildman–Crippen MR) is 79.4 cm³/mol. The van der Waals surface area contributed by atoms with Crippen LogP contribution in [0.25, 0.3) is 0 Å². The van der Waals surface area contributed by atoms with Crippen LogP contribution in [0.2, 0.25) is 5.02 Å². The molecule has 1 aromatic rings. The van der Waals surface area contributed by atoms with Crippen molar-refractivity contribution in [1.29, 1.82) is 0 Å². The Balaban J connectivity index is 2.13. The van der Waals surface area contributed by atoms with Crippen LogP contribution in [0.4, 0.5) is 0 Å². The molecule has 1 aromatic carbocycles. The molecule has 1 N–H and O–H groups in total. The van der Waals surface area contributed by atoms with Crippen molar-refractivity contribution >= 4 is 33.5 Å². The van der Waals surface area contributed by atoms with Crippen LogP contribution in [-0.4, -0.2) is 28.6 Å². The molecule has 0 unspecified atom stereocenters. The average molecular weight is 347 g/mol. The number of benzene rings is 1. The Morgan fingerprint density at radius 2 is 2.32 bits per heavy atom. The van der Waals surface area contributed by atoms with Crippen molar-refractivity contribution in [3.05, 3.63) is 33.3 Å². The highest BCUT2D eigenvalue weighted by Gasteiger charge is 2.32. The summed E-state index contributed by atoms with van der Waals surface area (Å²) >= 11 is 9.64. The number of carboxylic acids is 1. The molecule has 19 heavy (non-hydrogen) atoms. The van der Waals surface area contributed by atoms with Crippen LogP contribution in [-0.2, 0) is 11.3 Å². The van der Waals surface area contributed by atoms with Gasteiger partial charge in [-0.25, -0.2) is 0 Å². The van der Waals surface area contributed by atoms with Gasteiger partial charge < -0.3 is 5.11 Å². The molecule has 0 radical (unpaired) electrons. The molecule has 5 heteroatoms. The molecule has 1 aliphatic rings. The zero-order chi connectivity index (χ0) is 14.0. The Morgan fingerprint density at radius 3 is 3.00 bits per heavy atom. The molecule has 0 aliphatic carbocycles. The fourth-order valence-electron chi connectivity index (χ4n) is 2.65. The Morgan fingerprint density at radius 1 is 1.58 bits per heavy atom. The normalized spacial score (nSPS) is 24.4. The molecule has 2 rings (SSSR count). The maximum absolute atomic E-state index is 11.2. The van der Waals surface area contributed by atoms with Gasteiger partial charge in [-0.05, 0) is 50.1 Å². The lowest BCUT2D eigenvalue weighted by Crippen LogP contribution is -2.45. The second kappa shape index (κ2) is 6.25. The molecule has 1 heterocycles. The van der Waals surface area contributed by atoms with Gasteiger partial charge >= 0.3 is 5.97 Å². The quantitative estimate of drug-likeness (QED) is 0.905. The van der Waals surface area contributed by atoms with Crippen LogP contribution in [0.3, 0.4) is 0 Å². The molecule has 0 amide bonds. The minimum absolute atomic E-state index is 0.0429. The van der Waals surface area contributed by atoms with E-state index in [1.807, 2.05) is 25.1 Å². The number of piperidine rings is 1. The molecule has 3 nitrogen and oxygen atoms in total. The second-order valence-corrected chi connectivity index (χ2v) is 6.36. The van der Waals surface area contributed by atoms with Gasteiger partial charge in [-0.1, -0.05) is 27.5 Å². The van der Waals surface area contributed by atoms with Crippen molar-refractivity contribution in [3.8, 4) is 0 Å². The summed E-state index contributed by atoms with van der Waals surface area (Å²) in [6.45, 7) is 3.61. The van der Waals surface area contributed by atoms with Gasteiger partial charge in [0.1, 0.15) is 0 Å². The Kier molecular flexibility index (Phi) is 4.87. The summed E-state index contributed by atoms with van der Waals surface area (Å²) in [5, 5.41) is 9.96. The Labute approximate surface area is 126 Å². The number of likely N-dealkylation sites (tertiary alicyclic amines) is 1. The van der Waals surface area contributed by atoms with Gasteiger partial charge in [0, 0.05) is 22.1 Å². The number of nitrogens with zero attached hydrogens (tertiary/aromatic N) is 1. The van der Waals surface area contributed by atoms with E-state index >= 15 is 0 Å². The number of halogens is 2. The molecular weight excluding hydrogens is 330 g/mol. The van der Waals surface area contributed by atoms with E-state index in [1.165, 1.54) is 0 Å². The van der Waals surface area contributed by atoms with Crippen molar-refractivity contribution in [2.75, 3.05) is 6.54 Å². The lowest BCUT2D eigenvalue weighted by atomic mass is 9.90. The van der Waals surface area contributed by atoms with E-state index in [4.69, 9.17) is 11.6 Å². The molecule has 104 valence electrons. The van der Waals surface area contributed by atoms with Crippen molar-refractivity contribution in [2.24, 2.45) is 5.92 Å². The van der Waals surface area contributed by atoms with Crippen LogP contribution in [0.5, 0.6) is 0 Å². The first-order valence-electron chi connectivity index (χ1n) is 6.40. The number of carbonyl (C=O) groups is 1. The maximum Gasteiger partial charge on any atom is 0.308 e. The summed E-state index contributed by atoms with van der Waals surface area (Å²) in [6, 6.07) is 5.82. The molecule has 1 aliphatic heterocycles. The van der Waals surface area contributed by atoms with Crippen LogP contribution in [0.1, 0.15) is 25.3 Å². The predicted octanol–water partition coefficient (Wildman–Crippen LogP) is 3.79. The highest BCUT2D eigenvalue weighted by atomic mass is 79.9. The zero-order valence-electron chi connectivity index (χ0n) is 10.8. The first kappa shape index (κ1) is 14.8. The smallest absolute Gasteiger partial charge is 0.308 e. The standard InChI is InChI=1S/C14H17BrClNO2/c1-9-12(14(18)19)3-2-6-17(9)8-10-7-11(15)4-5-13(10)16/h4-5,7,9,12H,2-3,6,8H2,1H3,(H,18,19)/t9-,12-/m1/s1. The van der Waals surface area contributed by atoms with E-state index in [9.17, 15) is 9.90 Å². The number of hydrogen-bond donors (Lipinski definition) is 1. The van der Waals surface area contributed by atoms with Crippen LogP contribution in [0.15, 0.2) is 22.7 Å². The lowest BCUT2D eigenvalue weighted by Gasteiger charge is -2.37. The fourth-order valence-corrected chi connectivity index (χ4v) is 3.24. The maximum atomic E-state index is 11.2. The van der Waals surface area contributed by atoms with E-state index in [-0.39, 0.29) is 12.0 Å². The van der Waals surface area contributed by atoms with E-state index in [0.29, 0.717) is 6.54 Å². The van der Waals surface area contributed by atoms with E-state index in [1.54, 1.807) is 0 Å². The third kappa shape index (κ3) is 3.50. The van der Waals surface area contributed by atoms with Gasteiger partial charge in [0.05, 0.1) is 5.92 Å². The Bertz CT molecular complexity index is 481. The van der Waals surface area contributed by atoms with E-state index in [2.05, 4.69) is 20.8 Å². The molecule has 0 aromatic heterocycles. The summed E-state index contributed by atoms with van der Waals surface area (Å²) in [5.74, 6) is -0.975. The van der Waals surface area contributed by atoms with Crippen molar-refractivity contribution in [2.45, 2.75) is 32.4 Å². The molecule has 0 bridgehead atoms. The topological polar surface area (TPSA) is 40.5 Å². The van der Waals surface area contributed by atoms with Gasteiger partial charge in [-0.3, -0.25) is 9.69 Å². The fraction of sp³-hybridized carbons (Fsp3) is 0.500. The molecule has 0 spiro atoms. The number of hydrogen-bond acceptors (Lipinski definition) is 2. The van der Waals surface area contributed by atoms with Crippen LogP contribution in [0, 0.1) is 5.92 Å². The number of carboxylic acid groups (broad SMARTS) is 1. The first-order valence-corrected chi connectivity index (χ1v) is 7.57. The zero-order valence-corrected chi connectivity index (χ0v) is 13.1. The van der Waals surface area contributed by atoms with Crippen molar-refractivity contribution < 1.29 is 9.90 Å². The van der Waals surface area contributed by atoms with Crippen molar-refractivity contribution in [1.82, 2.24) is 4.90 Å². The third-order valence-corrected chi connectivity index (χ3v) is 4.68. The third-order valence-electron chi connectivity index (χ3n) is 3.82. The van der Waals surface area contributed by atoms with Crippen LogP contribution >= 0.6 is 27.5 Å².